The summed E-state index contributed by atoms with van der Waals surface area (Å²) in [6, 6.07) is 7.99. The number of morpholine rings is 1. The monoisotopic (exact) mass is 428 g/mol. The fourth-order valence-corrected chi connectivity index (χ4v) is 3.67. The van der Waals surface area contributed by atoms with Crippen molar-refractivity contribution in [3.8, 4) is 22.8 Å². The van der Waals surface area contributed by atoms with E-state index in [9.17, 15) is 0 Å². The van der Waals surface area contributed by atoms with Gasteiger partial charge in [0.15, 0.2) is 11.5 Å². The Morgan fingerprint density at radius 1 is 1.29 bits per heavy atom. The molecule has 1 N–H and O–H groups in total. The quantitative estimate of drug-likeness (QED) is 0.598. The molecule has 0 aliphatic carbocycles. The lowest BCUT2D eigenvalue weighted by atomic mass is 10.1. The minimum Gasteiger partial charge on any atom is -0.493 e. The van der Waals surface area contributed by atoms with E-state index in [0.717, 1.165) is 66.5 Å². The third-order valence-corrected chi connectivity index (χ3v) is 5.12. The van der Waals surface area contributed by atoms with Crippen LogP contribution in [0.15, 0.2) is 30.5 Å². The zero-order valence-electron chi connectivity index (χ0n) is 18.1. The molecule has 0 saturated carbocycles. The van der Waals surface area contributed by atoms with Gasteiger partial charge in [0.1, 0.15) is 12.1 Å². The minimum atomic E-state index is -0.250. The third-order valence-electron chi connectivity index (χ3n) is 5.12. The Kier molecular flexibility index (Phi) is 7.80. The molecule has 1 aromatic carbocycles. The van der Waals surface area contributed by atoms with E-state index in [1.807, 2.05) is 29.9 Å². The summed E-state index contributed by atoms with van der Waals surface area (Å²) in [6.45, 7) is 6.73. The summed E-state index contributed by atoms with van der Waals surface area (Å²) in [5.74, 6) is 1.44. The molecule has 9 nitrogen and oxygen atoms in total. The number of para-hydroxylation sites is 1. The molecule has 0 bridgehead atoms. The lowest BCUT2D eigenvalue weighted by molar-refractivity contribution is -0.122. The van der Waals surface area contributed by atoms with Gasteiger partial charge >= 0.3 is 0 Å². The summed E-state index contributed by atoms with van der Waals surface area (Å²) in [4.78, 5) is 15.5. The maximum absolute atomic E-state index is 8.36. The molecule has 2 aromatic heterocycles. The molecule has 0 unspecified atom stereocenters. The number of aryl methyl sites for hydroxylation is 2. The van der Waals surface area contributed by atoms with Gasteiger partial charge in [-0.1, -0.05) is 6.07 Å². The topological polar surface area (TPSA) is 98.9 Å². The van der Waals surface area contributed by atoms with E-state index in [2.05, 4.69) is 23.0 Å². The van der Waals surface area contributed by atoms with E-state index in [4.69, 9.17) is 29.1 Å². The molecule has 0 amide bonds. The molecule has 0 atom stereocenters. The average Bonchev–Trinajstić information content (AvgIpc) is 3.16. The first-order valence-corrected chi connectivity index (χ1v) is 10.1. The highest BCUT2D eigenvalue weighted by Gasteiger charge is 2.17. The SMILES string of the molecule is COc1cccc(-c2cc(C)c3c(cnn3C)n2)c1OCCN1CCOCC1.O=CO. The molecule has 1 aliphatic rings. The first kappa shape index (κ1) is 22.5. The molecule has 1 aliphatic heterocycles. The number of nitrogens with zero attached hydrogens (tertiary/aromatic N) is 4. The number of aromatic nitrogens is 3. The average molecular weight is 428 g/mol. The zero-order chi connectivity index (χ0) is 22.2. The van der Waals surface area contributed by atoms with Gasteiger partial charge in [0.2, 0.25) is 0 Å². The van der Waals surface area contributed by atoms with Gasteiger partial charge in [0.05, 0.1) is 37.7 Å². The van der Waals surface area contributed by atoms with Crippen LogP contribution in [0.5, 0.6) is 11.5 Å². The van der Waals surface area contributed by atoms with Gasteiger partial charge in [-0.15, -0.1) is 0 Å². The minimum absolute atomic E-state index is 0.250. The Labute approximate surface area is 181 Å². The molecular formula is C22H28N4O5. The van der Waals surface area contributed by atoms with Crippen molar-refractivity contribution in [2.75, 3.05) is 46.6 Å². The van der Waals surface area contributed by atoms with Gasteiger partial charge in [-0.2, -0.15) is 5.10 Å². The third kappa shape index (κ3) is 5.31. The Balaban J connectivity index is 0.000000858. The fraction of sp³-hybridized carbons (Fsp3) is 0.409. The molecule has 3 aromatic rings. The second kappa shape index (κ2) is 10.7. The van der Waals surface area contributed by atoms with Crippen LogP contribution in [-0.2, 0) is 16.6 Å². The smallest absolute Gasteiger partial charge is 0.290 e. The highest BCUT2D eigenvalue weighted by Crippen LogP contribution is 2.38. The number of pyridine rings is 1. The van der Waals surface area contributed by atoms with Crippen molar-refractivity contribution in [1.29, 1.82) is 0 Å². The first-order chi connectivity index (χ1) is 15.1. The van der Waals surface area contributed by atoms with E-state index < -0.39 is 0 Å². The number of ether oxygens (including phenoxy) is 3. The standard InChI is InChI=1S/C21H26N4O3.CH2O2/c1-15-13-17(23-18-14-22-24(2)20(15)18)16-5-4-6-19(26-3)21(16)28-12-9-25-7-10-27-11-8-25;2-1-3/h4-6,13-14H,7-12H2,1-3H3;1H,(H,2,3). The lowest BCUT2D eigenvalue weighted by Crippen LogP contribution is -2.38. The number of benzene rings is 1. The van der Waals surface area contributed by atoms with Gasteiger partial charge in [0, 0.05) is 32.2 Å². The van der Waals surface area contributed by atoms with E-state index in [1.54, 1.807) is 13.3 Å². The first-order valence-electron chi connectivity index (χ1n) is 10.1. The summed E-state index contributed by atoms with van der Waals surface area (Å²) >= 11 is 0. The van der Waals surface area contributed by atoms with Crippen molar-refractivity contribution >= 4 is 17.5 Å². The van der Waals surface area contributed by atoms with E-state index in [0.29, 0.717) is 12.4 Å². The van der Waals surface area contributed by atoms with Crippen LogP contribution in [0.3, 0.4) is 0 Å². The van der Waals surface area contributed by atoms with Crippen molar-refractivity contribution in [3.05, 3.63) is 36.0 Å². The predicted octanol–water partition coefficient (Wildman–Crippen LogP) is 2.36. The molecule has 4 rings (SSSR count). The molecule has 0 spiro atoms. The van der Waals surface area contributed by atoms with E-state index in [1.165, 1.54) is 0 Å². The maximum Gasteiger partial charge on any atom is 0.290 e. The van der Waals surface area contributed by atoms with Gasteiger partial charge in [0.25, 0.3) is 6.47 Å². The summed E-state index contributed by atoms with van der Waals surface area (Å²) < 4.78 is 19.0. The summed E-state index contributed by atoms with van der Waals surface area (Å²) in [7, 11) is 3.60. The Morgan fingerprint density at radius 3 is 2.74 bits per heavy atom. The number of methoxy groups -OCH3 is 1. The number of carbonyl (C=O) groups is 1. The van der Waals surface area contributed by atoms with Crippen LogP contribution < -0.4 is 9.47 Å². The number of hydrogen-bond acceptors (Lipinski definition) is 7. The summed E-state index contributed by atoms with van der Waals surface area (Å²) in [5.41, 5.74) is 4.83. The molecule has 166 valence electrons. The molecule has 0 radical (unpaired) electrons. The molecular weight excluding hydrogens is 400 g/mol. The van der Waals surface area contributed by atoms with Crippen LogP contribution in [0.2, 0.25) is 0 Å². The van der Waals surface area contributed by atoms with Crippen LogP contribution >= 0.6 is 0 Å². The highest BCUT2D eigenvalue weighted by atomic mass is 16.5. The molecule has 1 fully saturated rings. The van der Waals surface area contributed by atoms with Crippen molar-refractivity contribution in [3.63, 3.8) is 0 Å². The molecule has 31 heavy (non-hydrogen) atoms. The van der Waals surface area contributed by atoms with Gasteiger partial charge < -0.3 is 19.3 Å². The predicted molar refractivity (Wildman–Crippen MR) is 117 cm³/mol. The number of rotatable bonds is 6. The normalized spacial score (nSPS) is 14.0. The van der Waals surface area contributed by atoms with Crippen LogP contribution in [-0.4, -0.2) is 77.8 Å². The van der Waals surface area contributed by atoms with Crippen LogP contribution in [0.25, 0.3) is 22.3 Å². The largest absolute Gasteiger partial charge is 0.493 e. The highest BCUT2D eigenvalue weighted by molar-refractivity contribution is 5.83. The fourth-order valence-electron chi connectivity index (χ4n) is 3.67. The van der Waals surface area contributed by atoms with Crippen LogP contribution in [0.4, 0.5) is 0 Å². The van der Waals surface area contributed by atoms with Crippen molar-refractivity contribution in [1.82, 2.24) is 19.7 Å². The number of fused-ring (bicyclic) bond motifs is 1. The molecule has 9 heteroatoms. The number of hydrogen-bond donors (Lipinski definition) is 1. The lowest BCUT2D eigenvalue weighted by Gasteiger charge is -2.26. The second-order valence-corrected chi connectivity index (χ2v) is 7.07. The number of carboxylic acid groups (broad SMARTS) is 1. The second-order valence-electron chi connectivity index (χ2n) is 7.07. The zero-order valence-corrected chi connectivity index (χ0v) is 18.1. The van der Waals surface area contributed by atoms with Crippen molar-refractivity contribution < 1.29 is 24.1 Å². The maximum atomic E-state index is 8.36. The van der Waals surface area contributed by atoms with Crippen molar-refractivity contribution in [2.45, 2.75) is 6.92 Å². The Morgan fingerprint density at radius 2 is 2.03 bits per heavy atom. The molecule has 1 saturated heterocycles. The van der Waals surface area contributed by atoms with Crippen molar-refractivity contribution in [2.24, 2.45) is 7.05 Å². The van der Waals surface area contributed by atoms with E-state index in [-0.39, 0.29) is 6.47 Å². The van der Waals surface area contributed by atoms with Gasteiger partial charge in [-0.05, 0) is 30.7 Å². The molecule has 3 heterocycles. The van der Waals surface area contributed by atoms with Crippen LogP contribution in [0.1, 0.15) is 5.56 Å². The van der Waals surface area contributed by atoms with Crippen LogP contribution in [0, 0.1) is 6.92 Å². The summed E-state index contributed by atoms with van der Waals surface area (Å²) in [5, 5.41) is 11.2. The Bertz CT molecular complexity index is 1010. The van der Waals surface area contributed by atoms with E-state index >= 15 is 0 Å². The Hall–Kier alpha value is -3.17. The van der Waals surface area contributed by atoms with Gasteiger partial charge in [-0.3, -0.25) is 14.4 Å². The van der Waals surface area contributed by atoms with Gasteiger partial charge in [-0.25, -0.2) is 4.98 Å². The summed E-state index contributed by atoms with van der Waals surface area (Å²) in [6.07, 6.45) is 1.80.